The van der Waals surface area contributed by atoms with Gasteiger partial charge in [0.2, 0.25) is 0 Å². The number of halogens is 1. The van der Waals surface area contributed by atoms with Crippen molar-refractivity contribution in [3.8, 4) is 11.5 Å². The summed E-state index contributed by atoms with van der Waals surface area (Å²) in [5.74, 6) is -0.569. The fourth-order valence-corrected chi connectivity index (χ4v) is 1.45. The van der Waals surface area contributed by atoms with Crippen LogP contribution in [0.4, 0.5) is 4.39 Å². The highest BCUT2D eigenvalue weighted by atomic mass is 19.1. The first-order valence-electron chi connectivity index (χ1n) is 4.55. The lowest BCUT2D eigenvalue weighted by molar-refractivity contribution is 0.0985. The molecule has 0 aliphatic carbocycles. The molecule has 0 saturated heterocycles. The molecule has 5 heteroatoms. The number of nitrogens with two attached hydrogens (primary N) is 1. The van der Waals surface area contributed by atoms with E-state index in [1.165, 1.54) is 12.1 Å². The molecule has 2 rings (SSSR count). The third-order valence-electron chi connectivity index (χ3n) is 2.12. The lowest BCUT2D eigenvalue weighted by Crippen LogP contribution is -2.21. The molecule has 1 aromatic rings. The molecular formula is C10H10FNO3. The Morgan fingerprint density at radius 1 is 1.40 bits per heavy atom. The van der Waals surface area contributed by atoms with Crippen LogP contribution in [0.25, 0.3) is 0 Å². The molecule has 0 bridgehead atoms. The highest BCUT2D eigenvalue weighted by Crippen LogP contribution is 2.35. The second-order valence-electron chi connectivity index (χ2n) is 3.07. The van der Waals surface area contributed by atoms with Crippen LogP contribution in [0, 0.1) is 5.82 Å². The Morgan fingerprint density at radius 3 is 2.87 bits per heavy atom. The first-order chi connectivity index (χ1) is 7.24. The number of ketones is 1. The molecule has 0 spiro atoms. The first-order valence-corrected chi connectivity index (χ1v) is 4.55. The minimum atomic E-state index is -0.630. The summed E-state index contributed by atoms with van der Waals surface area (Å²) < 4.78 is 23.8. The van der Waals surface area contributed by atoms with Gasteiger partial charge in [-0.2, -0.15) is 0 Å². The molecule has 0 amide bonds. The number of hydrogen-bond donors (Lipinski definition) is 1. The predicted molar refractivity (Wildman–Crippen MR) is 50.8 cm³/mol. The van der Waals surface area contributed by atoms with Gasteiger partial charge < -0.3 is 15.2 Å². The second kappa shape index (κ2) is 3.86. The monoisotopic (exact) mass is 211 g/mol. The maximum absolute atomic E-state index is 13.4. The molecule has 1 aliphatic heterocycles. The van der Waals surface area contributed by atoms with Gasteiger partial charge in [-0.05, 0) is 12.1 Å². The molecule has 0 aromatic heterocycles. The Bertz CT molecular complexity index is 406. The van der Waals surface area contributed by atoms with Gasteiger partial charge in [0.1, 0.15) is 24.6 Å². The van der Waals surface area contributed by atoms with Crippen LogP contribution >= 0.6 is 0 Å². The number of benzene rings is 1. The summed E-state index contributed by atoms with van der Waals surface area (Å²) >= 11 is 0. The van der Waals surface area contributed by atoms with Crippen molar-refractivity contribution in [2.24, 2.45) is 5.73 Å². The molecule has 0 atom stereocenters. The highest BCUT2D eigenvalue weighted by Gasteiger charge is 2.23. The van der Waals surface area contributed by atoms with Gasteiger partial charge in [-0.3, -0.25) is 4.79 Å². The Morgan fingerprint density at radius 2 is 2.13 bits per heavy atom. The van der Waals surface area contributed by atoms with Crippen LogP contribution in [-0.2, 0) is 0 Å². The van der Waals surface area contributed by atoms with E-state index in [9.17, 15) is 9.18 Å². The van der Waals surface area contributed by atoms with Crippen LogP contribution in [0.2, 0.25) is 0 Å². The molecule has 1 heterocycles. The van der Waals surface area contributed by atoms with Crippen molar-refractivity contribution in [3.63, 3.8) is 0 Å². The van der Waals surface area contributed by atoms with Crippen LogP contribution in [-0.4, -0.2) is 25.5 Å². The molecule has 2 N–H and O–H groups in total. The number of carbonyl (C=O) groups excluding carboxylic acids is 1. The van der Waals surface area contributed by atoms with Gasteiger partial charge in [0.05, 0.1) is 6.54 Å². The average molecular weight is 211 g/mol. The SMILES string of the molecule is NCC(=O)c1c(F)ccc2c1OCCO2. The quantitative estimate of drug-likeness (QED) is 0.733. The first kappa shape index (κ1) is 9.92. The number of ether oxygens (including phenoxy) is 2. The molecule has 0 unspecified atom stereocenters. The fraction of sp³-hybridized carbons (Fsp3) is 0.300. The number of Topliss-reactive ketones (excluding diaryl/α,β-unsaturated/α-hetero) is 1. The van der Waals surface area contributed by atoms with Crippen molar-refractivity contribution in [2.75, 3.05) is 19.8 Å². The Balaban J connectivity index is 2.55. The van der Waals surface area contributed by atoms with E-state index in [1.54, 1.807) is 0 Å². The van der Waals surface area contributed by atoms with Crippen LogP contribution in [0.3, 0.4) is 0 Å². The Labute approximate surface area is 85.8 Å². The van der Waals surface area contributed by atoms with Gasteiger partial charge >= 0.3 is 0 Å². The Kier molecular flexibility index (Phi) is 2.55. The minimum Gasteiger partial charge on any atom is -0.486 e. The van der Waals surface area contributed by atoms with Gasteiger partial charge in [0.15, 0.2) is 17.3 Å². The van der Waals surface area contributed by atoms with Crippen LogP contribution in [0.1, 0.15) is 10.4 Å². The van der Waals surface area contributed by atoms with Crippen molar-refractivity contribution in [2.45, 2.75) is 0 Å². The summed E-state index contributed by atoms with van der Waals surface area (Å²) in [5.41, 5.74) is 5.08. The van der Waals surface area contributed by atoms with Crippen molar-refractivity contribution < 1.29 is 18.7 Å². The number of carbonyl (C=O) groups is 1. The van der Waals surface area contributed by atoms with Gasteiger partial charge in [0.25, 0.3) is 0 Å². The third kappa shape index (κ3) is 1.66. The predicted octanol–water partition coefficient (Wildman–Crippen LogP) is 0.738. The summed E-state index contributed by atoms with van der Waals surface area (Å²) in [6, 6.07) is 2.62. The van der Waals surface area contributed by atoms with E-state index in [4.69, 9.17) is 15.2 Å². The molecule has 0 radical (unpaired) electrons. The van der Waals surface area contributed by atoms with E-state index in [0.717, 1.165) is 0 Å². The topological polar surface area (TPSA) is 61.6 Å². The molecule has 0 saturated carbocycles. The summed E-state index contributed by atoms with van der Waals surface area (Å²) in [6.07, 6.45) is 0. The Hall–Kier alpha value is -1.62. The van der Waals surface area contributed by atoms with E-state index >= 15 is 0 Å². The average Bonchev–Trinajstić information content (AvgIpc) is 2.28. The molecular weight excluding hydrogens is 201 g/mol. The molecule has 0 fully saturated rings. The molecule has 1 aliphatic rings. The highest BCUT2D eigenvalue weighted by molar-refractivity contribution is 6.01. The number of hydrogen-bond acceptors (Lipinski definition) is 4. The van der Waals surface area contributed by atoms with Gasteiger partial charge in [-0.1, -0.05) is 0 Å². The summed E-state index contributed by atoms with van der Waals surface area (Å²) in [5, 5.41) is 0. The van der Waals surface area contributed by atoms with Crippen molar-refractivity contribution in [1.82, 2.24) is 0 Å². The maximum atomic E-state index is 13.4. The van der Waals surface area contributed by atoms with Gasteiger partial charge in [-0.25, -0.2) is 4.39 Å². The van der Waals surface area contributed by atoms with E-state index in [1.807, 2.05) is 0 Å². The van der Waals surface area contributed by atoms with Crippen LogP contribution in [0.5, 0.6) is 11.5 Å². The summed E-state index contributed by atoms with van der Waals surface area (Å²) in [4.78, 5) is 11.4. The normalized spacial score (nSPS) is 13.7. The lowest BCUT2D eigenvalue weighted by Gasteiger charge is -2.20. The summed E-state index contributed by atoms with van der Waals surface area (Å²) in [6.45, 7) is 0.451. The molecule has 80 valence electrons. The fourth-order valence-electron chi connectivity index (χ4n) is 1.45. The third-order valence-corrected chi connectivity index (χ3v) is 2.12. The van der Waals surface area contributed by atoms with Crippen molar-refractivity contribution >= 4 is 5.78 Å². The second-order valence-corrected chi connectivity index (χ2v) is 3.07. The van der Waals surface area contributed by atoms with E-state index in [0.29, 0.717) is 19.0 Å². The standard InChI is InChI=1S/C10H10FNO3/c11-6-1-2-8-10(15-4-3-14-8)9(6)7(13)5-12/h1-2H,3-5,12H2. The van der Waals surface area contributed by atoms with Crippen molar-refractivity contribution in [3.05, 3.63) is 23.5 Å². The summed E-state index contributed by atoms with van der Waals surface area (Å²) in [7, 11) is 0. The largest absolute Gasteiger partial charge is 0.486 e. The zero-order chi connectivity index (χ0) is 10.8. The lowest BCUT2D eigenvalue weighted by atomic mass is 10.1. The molecule has 15 heavy (non-hydrogen) atoms. The molecule has 1 aromatic carbocycles. The zero-order valence-corrected chi connectivity index (χ0v) is 7.96. The molecule has 4 nitrogen and oxygen atoms in total. The minimum absolute atomic E-state index is 0.116. The van der Waals surface area contributed by atoms with Crippen LogP contribution in [0.15, 0.2) is 12.1 Å². The maximum Gasteiger partial charge on any atom is 0.183 e. The van der Waals surface area contributed by atoms with Gasteiger partial charge in [-0.15, -0.1) is 0 Å². The van der Waals surface area contributed by atoms with E-state index < -0.39 is 11.6 Å². The van der Waals surface area contributed by atoms with Crippen molar-refractivity contribution in [1.29, 1.82) is 0 Å². The van der Waals surface area contributed by atoms with Crippen LogP contribution < -0.4 is 15.2 Å². The van der Waals surface area contributed by atoms with E-state index in [-0.39, 0.29) is 17.9 Å². The smallest absolute Gasteiger partial charge is 0.183 e. The van der Waals surface area contributed by atoms with Gasteiger partial charge in [0, 0.05) is 0 Å². The van der Waals surface area contributed by atoms with E-state index in [2.05, 4.69) is 0 Å². The number of rotatable bonds is 2. The zero-order valence-electron chi connectivity index (χ0n) is 7.96. The number of fused-ring (bicyclic) bond motifs is 1.